The highest BCUT2D eigenvalue weighted by molar-refractivity contribution is 6.32. The number of halogens is 1. The SMILES string of the molecule is COc1cc(/C(C)=N/NC(=O)c2ccc(O)c(Cl)c2)cc(OC)c1OCc1ccc(C(C)C)cc1. The summed E-state index contributed by atoms with van der Waals surface area (Å²) in [5.41, 5.74) is 6.25. The minimum absolute atomic E-state index is 0.0827. The zero-order chi connectivity index (χ0) is 25.5. The molecular formula is C27H29ClN2O5. The molecule has 3 aromatic carbocycles. The van der Waals surface area contributed by atoms with Crippen molar-refractivity contribution >= 4 is 23.2 Å². The van der Waals surface area contributed by atoms with E-state index in [-0.39, 0.29) is 16.3 Å². The second-order valence-electron chi connectivity index (χ2n) is 8.20. The topological polar surface area (TPSA) is 89.4 Å². The van der Waals surface area contributed by atoms with E-state index in [1.165, 1.54) is 23.8 Å². The standard InChI is InChI=1S/C27H29ClN2O5/c1-16(2)19-8-6-18(7-9-19)15-35-26-24(33-4)13-21(14-25(26)34-5)17(3)29-30-27(32)20-10-11-23(31)22(28)12-20/h6-14,16,31H,15H2,1-5H3,(H,30,32)/b29-17+. The number of hydrogen-bond acceptors (Lipinski definition) is 6. The lowest BCUT2D eigenvalue weighted by molar-refractivity contribution is 0.0955. The van der Waals surface area contributed by atoms with Crippen LogP contribution in [0.25, 0.3) is 0 Å². The van der Waals surface area contributed by atoms with Crippen molar-refractivity contribution in [2.24, 2.45) is 5.10 Å². The number of phenols is 1. The second kappa shape index (κ2) is 11.6. The number of nitrogens with zero attached hydrogens (tertiary/aromatic N) is 1. The van der Waals surface area contributed by atoms with Gasteiger partial charge in [0.2, 0.25) is 5.75 Å². The van der Waals surface area contributed by atoms with Crippen LogP contribution in [-0.4, -0.2) is 30.9 Å². The Morgan fingerprint density at radius 1 is 1.00 bits per heavy atom. The molecule has 1 amide bonds. The first kappa shape index (κ1) is 25.9. The van der Waals surface area contributed by atoms with E-state index < -0.39 is 5.91 Å². The van der Waals surface area contributed by atoms with E-state index in [9.17, 15) is 9.90 Å². The van der Waals surface area contributed by atoms with Crippen molar-refractivity contribution in [3.8, 4) is 23.0 Å². The number of methoxy groups -OCH3 is 2. The summed E-state index contributed by atoms with van der Waals surface area (Å²) >= 11 is 5.88. The van der Waals surface area contributed by atoms with E-state index in [1.807, 2.05) is 12.1 Å². The van der Waals surface area contributed by atoms with Gasteiger partial charge in [-0.15, -0.1) is 0 Å². The normalized spacial score (nSPS) is 11.3. The van der Waals surface area contributed by atoms with Gasteiger partial charge in [0.15, 0.2) is 11.5 Å². The van der Waals surface area contributed by atoms with Gasteiger partial charge in [0.05, 0.1) is 25.0 Å². The molecule has 0 aliphatic heterocycles. The van der Waals surface area contributed by atoms with Gasteiger partial charge >= 0.3 is 0 Å². The van der Waals surface area contributed by atoms with Crippen molar-refractivity contribution in [1.82, 2.24) is 5.43 Å². The Morgan fingerprint density at radius 2 is 1.63 bits per heavy atom. The van der Waals surface area contributed by atoms with Crippen molar-refractivity contribution in [1.29, 1.82) is 0 Å². The van der Waals surface area contributed by atoms with Gasteiger partial charge in [0.1, 0.15) is 12.4 Å². The van der Waals surface area contributed by atoms with Gasteiger partial charge in [-0.25, -0.2) is 5.43 Å². The Balaban J connectivity index is 1.78. The van der Waals surface area contributed by atoms with Crippen molar-refractivity contribution < 1.29 is 24.1 Å². The van der Waals surface area contributed by atoms with Gasteiger partial charge in [0, 0.05) is 11.1 Å². The number of nitrogens with one attached hydrogen (secondary N) is 1. The monoisotopic (exact) mass is 496 g/mol. The molecule has 3 rings (SSSR count). The van der Waals surface area contributed by atoms with Crippen molar-refractivity contribution in [2.45, 2.75) is 33.3 Å². The molecule has 0 aliphatic carbocycles. The van der Waals surface area contributed by atoms with Crippen LogP contribution in [0.2, 0.25) is 5.02 Å². The molecule has 0 radical (unpaired) electrons. The third-order valence-corrected chi connectivity index (χ3v) is 5.75. The Hall–Kier alpha value is -3.71. The number of hydrazone groups is 1. The number of rotatable bonds is 9. The van der Waals surface area contributed by atoms with Gasteiger partial charge in [-0.05, 0) is 54.3 Å². The molecule has 0 aromatic heterocycles. The van der Waals surface area contributed by atoms with E-state index >= 15 is 0 Å². The highest BCUT2D eigenvalue weighted by Crippen LogP contribution is 2.39. The zero-order valence-corrected chi connectivity index (χ0v) is 21.1. The van der Waals surface area contributed by atoms with Gasteiger partial charge in [-0.1, -0.05) is 49.7 Å². The fourth-order valence-electron chi connectivity index (χ4n) is 3.30. The first-order valence-corrected chi connectivity index (χ1v) is 11.4. The maximum atomic E-state index is 12.4. The van der Waals surface area contributed by atoms with Crippen LogP contribution in [0.4, 0.5) is 0 Å². The summed E-state index contributed by atoms with van der Waals surface area (Å²) in [5.74, 6) is 1.33. The Morgan fingerprint density at radius 3 is 2.17 bits per heavy atom. The summed E-state index contributed by atoms with van der Waals surface area (Å²) < 4.78 is 17.2. The molecule has 184 valence electrons. The van der Waals surface area contributed by atoms with Crippen LogP contribution >= 0.6 is 11.6 Å². The maximum Gasteiger partial charge on any atom is 0.271 e. The summed E-state index contributed by atoms with van der Waals surface area (Å²) in [4.78, 5) is 12.4. The summed E-state index contributed by atoms with van der Waals surface area (Å²) in [7, 11) is 3.09. The molecule has 0 bridgehead atoms. The molecule has 0 fully saturated rings. The first-order valence-electron chi connectivity index (χ1n) is 11.0. The first-order chi connectivity index (χ1) is 16.7. The molecule has 8 heteroatoms. The molecule has 0 atom stereocenters. The van der Waals surface area contributed by atoms with Crippen molar-refractivity contribution in [2.75, 3.05) is 14.2 Å². The molecule has 3 aromatic rings. The molecule has 0 spiro atoms. The molecule has 35 heavy (non-hydrogen) atoms. The number of carbonyl (C=O) groups excluding carboxylic acids is 1. The summed E-state index contributed by atoms with van der Waals surface area (Å²) in [6.45, 7) is 6.41. The van der Waals surface area contributed by atoms with Crippen LogP contribution in [-0.2, 0) is 6.61 Å². The average molecular weight is 497 g/mol. The Labute approximate surface area is 210 Å². The molecule has 0 unspecified atom stereocenters. The van der Waals surface area contributed by atoms with Crippen LogP contribution in [0.3, 0.4) is 0 Å². The number of phenolic OH excluding ortho intramolecular Hbond substituents is 1. The van der Waals surface area contributed by atoms with Gasteiger partial charge in [-0.3, -0.25) is 4.79 Å². The lowest BCUT2D eigenvalue weighted by Crippen LogP contribution is -2.19. The average Bonchev–Trinajstić information content (AvgIpc) is 2.86. The van der Waals surface area contributed by atoms with E-state index in [2.05, 4.69) is 36.5 Å². The molecule has 2 N–H and O–H groups in total. The van der Waals surface area contributed by atoms with Gasteiger partial charge in [0.25, 0.3) is 5.91 Å². The minimum atomic E-state index is -0.464. The number of carbonyl (C=O) groups is 1. The quantitative estimate of drug-likeness (QED) is 0.283. The number of hydrogen-bond donors (Lipinski definition) is 2. The van der Waals surface area contributed by atoms with Crippen LogP contribution in [0, 0.1) is 0 Å². The number of aromatic hydroxyl groups is 1. The smallest absolute Gasteiger partial charge is 0.271 e. The van der Waals surface area contributed by atoms with Crippen molar-refractivity contribution in [3.63, 3.8) is 0 Å². The third-order valence-electron chi connectivity index (χ3n) is 5.44. The second-order valence-corrected chi connectivity index (χ2v) is 8.61. The van der Waals surface area contributed by atoms with E-state index in [0.717, 1.165) is 5.56 Å². The highest BCUT2D eigenvalue weighted by atomic mass is 35.5. The largest absolute Gasteiger partial charge is 0.506 e. The lowest BCUT2D eigenvalue weighted by Gasteiger charge is -2.16. The molecular weight excluding hydrogens is 468 g/mol. The van der Waals surface area contributed by atoms with E-state index in [1.54, 1.807) is 33.3 Å². The molecule has 0 saturated carbocycles. The fourth-order valence-corrected chi connectivity index (χ4v) is 3.48. The predicted octanol–water partition coefficient (Wildman–Crippen LogP) is 5.92. The van der Waals surface area contributed by atoms with Crippen molar-refractivity contribution in [3.05, 3.63) is 81.9 Å². The molecule has 0 heterocycles. The Kier molecular flexibility index (Phi) is 8.60. The van der Waals surface area contributed by atoms with Crippen LogP contribution in [0.5, 0.6) is 23.0 Å². The Bertz CT molecular complexity index is 1200. The van der Waals surface area contributed by atoms with Crippen LogP contribution < -0.4 is 19.6 Å². The maximum absolute atomic E-state index is 12.4. The summed E-state index contributed by atoms with van der Waals surface area (Å²) in [6.07, 6.45) is 0. The van der Waals surface area contributed by atoms with Gasteiger partial charge < -0.3 is 19.3 Å². The van der Waals surface area contributed by atoms with Gasteiger partial charge in [-0.2, -0.15) is 5.10 Å². The number of benzene rings is 3. The third kappa shape index (κ3) is 6.45. The highest BCUT2D eigenvalue weighted by Gasteiger charge is 2.16. The minimum Gasteiger partial charge on any atom is -0.506 e. The van der Waals surface area contributed by atoms with E-state index in [0.29, 0.717) is 41.0 Å². The summed E-state index contributed by atoms with van der Waals surface area (Å²) in [5, 5.41) is 13.8. The van der Waals surface area contributed by atoms with Crippen LogP contribution in [0.15, 0.2) is 59.7 Å². The number of amides is 1. The fraction of sp³-hybridized carbons (Fsp3) is 0.259. The van der Waals surface area contributed by atoms with E-state index in [4.69, 9.17) is 25.8 Å². The predicted molar refractivity (Wildman–Crippen MR) is 137 cm³/mol. The molecule has 7 nitrogen and oxygen atoms in total. The molecule has 0 saturated heterocycles. The lowest BCUT2D eigenvalue weighted by atomic mass is 10.0. The molecule has 0 aliphatic rings. The van der Waals surface area contributed by atoms with Crippen LogP contribution in [0.1, 0.15) is 53.7 Å². The number of ether oxygens (including phenoxy) is 3. The zero-order valence-electron chi connectivity index (χ0n) is 20.4. The summed E-state index contributed by atoms with van der Waals surface area (Å²) in [6, 6.07) is 16.0.